The molecule has 5 rings (SSSR count). The molecule has 3 aromatic rings. The maximum Gasteiger partial charge on any atom is 0.234 e. The van der Waals surface area contributed by atoms with Crippen LogP contribution in [-0.4, -0.2) is 57.9 Å². The molecule has 2 aliphatic rings. The number of aryl methyl sites for hydroxylation is 1. The van der Waals surface area contributed by atoms with Crippen molar-refractivity contribution in [1.29, 1.82) is 0 Å². The molecule has 0 radical (unpaired) electrons. The van der Waals surface area contributed by atoms with Crippen LogP contribution < -0.4 is 5.32 Å². The number of nitrogens with zero attached hydrogens (tertiary/aromatic N) is 4. The molecular formula is C22H25N5O2. The fraction of sp³-hybridized carbons (Fsp3) is 0.409. The first-order valence-corrected chi connectivity index (χ1v) is 10.0. The van der Waals surface area contributed by atoms with Crippen molar-refractivity contribution in [2.24, 2.45) is 12.5 Å². The monoisotopic (exact) mass is 391 g/mol. The summed E-state index contributed by atoms with van der Waals surface area (Å²) in [4.78, 5) is 19.6. The highest BCUT2D eigenvalue weighted by Gasteiger charge is 2.46. The van der Waals surface area contributed by atoms with E-state index < -0.39 is 0 Å². The quantitative estimate of drug-likeness (QED) is 0.724. The average molecular weight is 391 g/mol. The number of rotatable bonds is 5. The highest BCUT2D eigenvalue weighted by molar-refractivity contribution is 5.97. The predicted octanol–water partition coefficient (Wildman–Crippen LogP) is 2.68. The van der Waals surface area contributed by atoms with Crippen LogP contribution in [-0.2, 0) is 16.6 Å². The zero-order chi connectivity index (χ0) is 20.0. The van der Waals surface area contributed by atoms with Gasteiger partial charge in [0.15, 0.2) is 0 Å². The molecule has 1 unspecified atom stereocenters. The summed E-state index contributed by atoms with van der Waals surface area (Å²) in [6, 6.07) is 8.16. The lowest BCUT2D eigenvalue weighted by Gasteiger charge is -2.48. The van der Waals surface area contributed by atoms with Crippen molar-refractivity contribution >= 4 is 22.5 Å². The van der Waals surface area contributed by atoms with Gasteiger partial charge in [0.1, 0.15) is 5.82 Å². The van der Waals surface area contributed by atoms with Crippen molar-refractivity contribution in [2.45, 2.75) is 19.4 Å². The van der Waals surface area contributed by atoms with E-state index in [9.17, 15) is 4.79 Å². The number of amides is 1. The number of likely N-dealkylation sites (tertiary alicyclic amines) is 1. The minimum atomic E-state index is -0.377. The third-order valence-electron chi connectivity index (χ3n) is 5.95. The van der Waals surface area contributed by atoms with Crippen molar-refractivity contribution in [1.82, 2.24) is 19.7 Å². The van der Waals surface area contributed by atoms with Crippen molar-refractivity contribution in [2.75, 3.05) is 31.6 Å². The van der Waals surface area contributed by atoms with E-state index in [1.54, 1.807) is 10.9 Å². The second-order valence-corrected chi connectivity index (χ2v) is 8.50. The molecule has 1 aromatic carbocycles. The van der Waals surface area contributed by atoms with Crippen molar-refractivity contribution in [3.63, 3.8) is 0 Å². The molecule has 7 nitrogen and oxygen atoms in total. The van der Waals surface area contributed by atoms with E-state index in [-0.39, 0.29) is 11.3 Å². The maximum absolute atomic E-state index is 12.8. The second-order valence-electron chi connectivity index (χ2n) is 8.50. The van der Waals surface area contributed by atoms with Crippen LogP contribution in [0.4, 0.5) is 5.82 Å². The Morgan fingerprint density at radius 3 is 2.76 bits per heavy atom. The van der Waals surface area contributed by atoms with Gasteiger partial charge in [0, 0.05) is 56.6 Å². The topological polar surface area (TPSA) is 72.3 Å². The standard InChI is InChI=1S/C22H25N5O2/c1-22(13-27(14-22)12-19-5-6-29-19)21(28)25-20-8-17-7-15(3-4-16(17)9-23-20)18-10-24-26(2)11-18/h3-4,7-11,19H,5-6,12-14H2,1-2H3,(H,23,25,28). The molecule has 1 N–H and O–H groups in total. The zero-order valence-electron chi connectivity index (χ0n) is 16.8. The van der Waals surface area contributed by atoms with Crippen LogP contribution in [0.5, 0.6) is 0 Å². The Morgan fingerprint density at radius 1 is 1.24 bits per heavy atom. The number of hydrogen-bond donors (Lipinski definition) is 1. The molecule has 2 saturated heterocycles. The average Bonchev–Trinajstić information content (AvgIpc) is 3.08. The molecule has 1 atom stereocenters. The molecule has 0 spiro atoms. The number of carbonyl (C=O) groups excluding carboxylic acids is 1. The third-order valence-corrected chi connectivity index (χ3v) is 5.95. The molecule has 2 aliphatic heterocycles. The normalized spacial score (nSPS) is 20.8. The van der Waals surface area contributed by atoms with Gasteiger partial charge >= 0.3 is 0 Å². The number of nitrogens with one attached hydrogen (secondary N) is 1. The van der Waals surface area contributed by atoms with E-state index in [0.29, 0.717) is 11.9 Å². The van der Waals surface area contributed by atoms with Gasteiger partial charge in [-0.3, -0.25) is 14.4 Å². The van der Waals surface area contributed by atoms with Gasteiger partial charge in [0.25, 0.3) is 0 Å². The molecule has 2 fully saturated rings. The molecule has 0 aliphatic carbocycles. The number of hydrogen-bond acceptors (Lipinski definition) is 5. The number of ether oxygens (including phenoxy) is 1. The first kappa shape index (κ1) is 18.3. The summed E-state index contributed by atoms with van der Waals surface area (Å²) >= 11 is 0. The van der Waals surface area contributed by atoms with Crippen LogP contribution in [0.15, 0.2) is 42.9 Å². The van der Waals surface area contributed by atoms with Gasteiger partial charge in [-0.05, 0) is 36.4 Å². The van der Waals surface area contributed by atoms with Gasteiger partial charge in [-0.2, -0.15) is 5.10 Å². The summed E-state index contributed by atoms with van der Waals surface area (Å²) in [5.74, 6) is 0.617. The Hall–Kier alpha value is -2.77. The van der Waals surface area contributed by atoms with E-state index in [0.717, 1.165) is 54.6 Å². The number of carbonyl (C=O) groups is 1. The Morgan fingerprint density at radius 2 is 2.07 bits per heavy atom. The van der Waals surface area contributed by atoms with Crippen LogP contribution in [0.25, 0.3) is 21.9 Å². The van der Waals surface area contributed by atoms with E-state index >= 15 is 0 Å². The van der Waals surface area contributed by atoms with E-state index in [1.807, 2.05) is 38.5 Å². The third kappa shape index (κ3) is 3.52. The first-order valence-electron chi connectivity index (χ1n) is 10.0. The van der Waals surface area contributed by atoms with Gasteiger partial charge in [-0.15, -0.1) is 0 Å². The summed E-state index contributed by atoms with van der Waals surface area (Å²) < 4.78 is 7.28. The number of aromatic nitrogens is 3. The first-order chi connectivity index (χ1) is 14.0. The summed E-state index contributed by atoms with van der Waals surface area (Å²) in [6.45, 7) is 5.33. The van der Waals surface area contributed by atoms with Gasteiger partial charge < -0.3 is 10.1 Å². The summed E-state index contributed by atoms with van der Waals surface area (Å²) in [7, 11) is 1.91. The summed E-state index contributed by atoms with van der Waals surface area (Å²) in [5.41, 5.74) is 1.78. The van der Waals surface area contributed by atoms with Crippen LogP contribution in [0.3, 0.4) is 0 Å². The number of fused-ring (bicyclic) bond motifs is 1. The van der Waals surface area contributed by atoms with Crippen LogP contribution in [0, 0.1) is 5.41 Å². The molecule has 0 bridgehead atoms. The molecule has 1 amide bonds. The van der Waals surface area contributed by atoms with Gasteiger partial charge in [0.2, 0.25) is 5.91 Å². The van der Waals surface area contributed by atoms with E-state index in [2.05, 4.69) is 32.4 Å². The molecule has 7 heteroatoms. The molecule has 29 heavy (non-hydrogen) atoms. The molecular weight excluding hydrogens is 366 g/mol. The number of pyridine rings is 1. The molecule has 150 valence electrons. The molecule has 4 heterocycles. The highest BCUT2D eigenvalue weighted by Crippen LogP contribution is 2.33. The minimum Gasteiger partial charge on any atom is -0.377 e. The van der Waals surface area contributed by atoms with Gasteiger partial charge in [0.05, 0.1) is 17.7 Å². The predicted molar refractivity (Wildman–Crippen MR) is 111 cm³/mol. The zero-order valence-corrected chi connectivity index (χ0v) is 16.8. The SMILES string of the molecule is Cn1cc(-c2ccc3cnc(NC(=O)C4(C)CN(CC5CCO5)C4)cc3c2)cn1. The lowest BCUT2D eigenvalue weighted by molar-refractivity contribution is -0.140. The van der Waals surface area contributed by atoms with Crippen LogP contribution >= 0.6 is 0 Å². The van der Waals surface area contributed by atoms with Gasteiger partial charge in [-0.1, -0.05) is 12.1 Å². The van der Waals surface area contributed by atoms with E-state index in [4.69, 9.17) is 4.74 Å². The fourth-order valence-corrected chi connectivity index (χ4v) is 4.16. The lowest BCUT2D eigenvalue weighted by atomic mass is 9.80. The summed E-state index contributed by atoms with van der Waals surface area (Å²) in [5, 5.41) is 9.34. The lowest BCUT2D eigenvalue weighted by Crippen LogP contribution is -2.62. The summed E-state index contributed by atoms with van der Waals surface area (Å²) in [6.07, 6.45) is 7.12. The Kier molecular flexibility index (Phi) is 4.37. The van der Waals surface area contributed by atoms with E-state index in [1.165, 1.54) is 0 Å². The number of anilines is 1. The van der Waals surface area contributed by atoms with Crippen LogP contribution in [0.2, 0.25) is 0 Å². The van der Waals surface area contributed by atoms with Crippen molar-refractivity contribution < 1.29 is 9.53 Å². The minimum absolute atomic E-state index is 0.0264. The fourth-order valence-electron chi connectivity index (χ4n) is 4.16. The van der Waals surface area contributed by atoms with Gasteiger partial charge in [-0.25, -0.2) is 4.98 Å². The Bertz CT molecular complexity index is 1070. The van der Waals surface area contributed by atoms with Crippen molar-refractivity contribution in [3.05, 3.63) is 42.9 Å². The number of benzene rings is 1. The Balaban J connectivity index is 1.29. The smallest absolute Gasteiger partial charge is 0.234 e. The highest BCUT2D eigenvalue weighted by atomic mass is 16.5. The molecule has 0 saturated carbocycles. The second kappa shape index (κ2) is 6.93. The van der Waals surface area contributed by atoms with Crippen LogP contribution in [0.1, 0.15) is 13.3 Å². The largest absolute Gasteiger partial charge is 0.377 e. The Labute approximate surface area is 169 Å². The maximum atomic E-state index is 12.8. The van der Waals surface area contributed by atoms with Crippen molar-refractivity contribution in [3.8, 4) is 11.1 Å². The molecule has 2 aromatic heterocycles.